The number of hydrogen-bond donors (Lipinski definition) is 3. The van der Waals surface area contributed by atoms with Gasteiger partial charge in [-0.1, -0.05) is 130 Å². The van der Waals surface area contributed by atoms with E-state index in [4.69, 9.17) is 14.0 Å². The lowest BCUT2D eigenvalue weighted by atomic mass is 10.0. The number of benzene rings is 3. The lowest BCUT2D eigenvalue weighted by Gasteiger charge is -2.23. The van der Waals surface area contributed by atoms with Crippen LogP contribution in [0.15, 0.2) is 103 Å². The minimum Gasteiger partial charge on any atom is -0.459 e. The van der Waals surface area contributed by atoms with Crippen molar-refractivity contribution < 1.29 is 37.7 Å². The molecular formula is C40H52N3O8P. The Morgan fingerprint density at radius 3 is 1.85 bits per heavy atom. The normalized spacial score (nSPS) is 13.5. The molecule has 0 bridgehead atoms. The molecular weight excluding hydrogens is 681 g/mol. The molecule has 0 aliphatic rings. The number of amides is 3. The summed E-state index contributed by atoms with van der Waals surface area (Å²) >= 11 is 0. The van der Waals surface area contributed by atoms with Gasteiger partial charge in [0.15, 0.2) is 0 Å². The van der Waals surface area contributed by atoms with Gasteiger partial charge in [0.25, 0.3) is 0 Å². The summed E-state index contributed by atoms with van der Waals surface area (Å²) in [6.07, 6.45) is 4.67. The fraction of sp³-hybridized carbons (Fsp3) is 0.400. The van der Waals surface area contributed by atoms with Crippen LogP contribution in [0, 0.1) is 5.92 Å². The third-order valence-electron chi connectivity index (χ3n) is 7.84. The van der Waals surface area contributed by atoms with Crippen LogP contribution in [0.5, 0.6) is 0 Å². The highest BCUT2D eigenvalue weighted by molar-refractivity contribution is 7.59. The molecule has 12 heteroatoms. The molecule has 0 fully saturated rings. The quantitative estimate of drug-likeness (QED) is 0.0555. The van der Waals surface area contributed by atoms with Gasteiger partial charge in [-0.15, -0.1) is 0 Å². The number of unbranched alkanes of at least 4 members (excludes halogenated alkanes) is 1. The summed E-state index contributed by atoms with van der Waals surface area (Å²) in [5, 5.41) is 8.05. The van der Waals surface area contributed by atoms with E-state index >= 15 is 0 Å². The Balaban J connectivity index is 1.63. The molecule has 0 aromatic heterocycles. The minimum atomic E-state index is -3.33. The summed E-state index contributed by atoms with van der Waals surface area (Å²) in [6.45, 7) is 5.99. The third kappa shape index (κ3) is 16.5. The van der Waals surface area contributed by atoms with Crippen LogP contribution in [0.2, 0.25) is 0 Å². The summed E-state index contributed by atoms with van der Waals surface area (Å²) < 4.78 is 30.5. The van der Waals surface area contributed by atoms with Crippen molar-refractivity contribution in [1.82, 2.24) is 16.0 Å². The van der Waals surface area contributed by atoms with Gasteiger partial charge in [-0.2, -0.15) is 0 Å². The Bertz CT molecular complexity index is 1600. The van der Waals surface area contributed by atoms with Gasteiger partial charge in [-0.3, -0.25) is 14.2 Å². The van der Waals surface area contributed by atoms with Gasteiger partial charge in [0.1, 0.15) is 25.3 Å². The van der Waals surface area contributed by atoms with Crippen molar-refractivity contribution in [2.75, 3.05) is 12.4 Å². The second-order valence-electron chi connectivity index (χ2n) is 12.9. The first kappa shape index (κ1) is 41.7. The molecule has 280 valence electrons. The number of allylic oxidation sites excluding steroid dienone is 2. The SMILES string of the molecule is CCC/C=C/CP(=O)(CNC(=O)[C@H](CC(C)C)NC(=O)CC[C@H](NC(=O)OCc1ccccc1)C(=O)OCc1ccccc1)OCc1ccccc1. The van der Waals surface area contributed by atoms with Gasteiger partial charge in [0, 0.05) is 12.6 Å². The highest BCUT2D eigenvalue weighted by atomic mass is 31.2. The molecule has 0 aliphatic carbocycles. The van der Waals surface area contributed by atoms with Gasteiger partial charge in [-0.05, 0) is 41.9 Å². The van der Waals surface area contributed by atoms with Gasteiger partial charge in [0.05, 0.1) is 12.9 Å². The maximum atomic E-state index is 13.9. The van der Waals surface area contributed by atoms with Crippen molar-refractivity contribution in [3.8, 4) is 0 Å². The molecule has 3 aromatic carbocycles. The number of esters is 1. The number of hydrogen-bond acceptors (Lipinski definition) is 8. The van der Waals surface area contributed by atoms with E-state index in [-0.39, 0.29) is 51.0 Å². The van der Waals surface area contributed by atoms with Crippen LogP contribution in [0.4, 0.5) is 4.79 Å². The maximum absolute atomic E-state index is 13.9. The molecule has 0 spiro atoms. The van der Waals surface area contributed by atoms with Crippen LogP contribution < -0.4 is 16.0 Å². The summed E-state index contributed by atoms with van der Waals surface area (Å²) in [5.41, 5.74) is 2.38. The highest BCUT2D eigenvalue weighted by Crippen LogP contribution is 2.46. The van der Waals surface area contributed by atoms with E-state index in [9.17, 15) is 23.7 Å². The van der Waals surface area contributed by atoms with Gasteiger partial charge in [0.2, 0.25) is 19.2 Å². The van der Waals surface area contributed by atoms with Crippen molar-refractivity contribution >= 4 is 31.2 Å². The number of alkyl carbamates (subject to hydrolysis) is 1. The van der Waals surface area contributed by atoms with Gasteiger partial charge >= 0.3 is 12.1 Å². The average molecular weight is 734 g/mol. The maximum Gasteiger partial charge on any atom is 0.408 e. The first-order chi connectivity index (χ1) is 25.1. The average Bonchev–Trinajstić information content (AvgIpc) is 3.15. The van der Waals surface area contributed by atoms with Crippen LogP contribution in [0.25, 0.3) is 0 Å². The fourth-order valence-electron chi connectivity index (χ4n) is 5.00. The van der Waals surface area contributed by atoms with Crippen molar-refractivity contribution in [2.45, 2.75) is 84.8 Å². The molecule has 0 radical (unpaired) electrons. The van der Waals surface area contributed by atoms with Gasteiger partial charge < -0.3 is 29.9 Å². The first-order valence-corrected chi connectivity index (χ1v) is 19.7. The van der Waals surface area contributed by atoms with E-state index in [1.165, 1.54) is 0 Å². The zero-order chi connectivity index (χ0) is 37.6. The largest absolute Gasteiger partial charge is 0.459 e. The highest BCUT2D eigenvalue weighted by Gasteiger charge is 2.29. The topological polar surface area (TPSA) is 149 Å². The second-order valence-corrected chi connectivity index (χ2v) is 15.4. The molecule has 52 heavy (non-hydrogen) atoms. The predicted octanol–water partition coefficient (Wildman–Crippen LogP) is 7.26. The first-order valence-electron chi connectivity index (χ1n) is 17.7. The van der Waals surface area contributed by atoms with Crippen molar-refractivity contribution in [3.63, 3.8) is 0 Å². The van der Waals surface area contributed by atoms with Crippen LogP contribution in [-0.4, -0.2) is 48.4 Å². The monoisotopic (exact) mass is 733 g/mol. The van der Waals surface area contributed by atoms with E-state index < -0.39 is 43.3 Å². The zero-order valence-electron chi connectivity index (χ0n) is 30.3. The Morgan fingerprint density at radius 1 is 0.731 bits per heavy atom. The van der Waals surface area contributed by atoms with Crippen LogP contribution in [0.1, 0.15) is 69.6 Å². The Kier molecular flexibility index (Phi) is 18.4. The molecule has 3 rings (SSSR count). The summed E-state index contributed by atoms with van der Waals surface area (Å²) in [5.74, 6) is -1.70. The lowest BCUT2D eigenvalue weighted by Crippen LogP contribution is -2.48. The number of rotatable bonds is 22. The van der Waals surface area contributed by atoms with E-state index in [0.717, 1.165) is 29.5 Å². The molecule has 11 nitrogen and oxygen atoms in total. The molecule has 0 aliphatic heterocycles. The Hall–Kier alpha value is -4.73. The van der Waals surface area contributed by atoms with E-state index in [2.05, 4.69) is 22.9 Å². The second kappa shape index (κ2) is 23.0. The lowest BCUT2D eigenvalue weighted by molar-refractivity contribution is -0.147. The van der Waals surface area contributed by atoms with Crippen LogP contribution in [-0.2, 0) is 52.8 Å². The van der Waals surface area contributed by atoms with E-state index in [0.29, 0.717) is 6.42 Å². The van der Waals surface area contributed by atoms with Crippen LogP contribution in [0.3, 0.4) is 0 Å². The number of ether oxygens (including phenoxy) is 2. The molecule has 1 unspecified atom stereocenters. The molecule has 3 atom stereocenters. The summed E-state index contributed by atoms with van der Waals surface area (Å²) in [7, 11) is -3.33. The summed E-state index contributed by atoms with van der Waals surface area (Å²) in [4.78, 5) is 52.5. The Morgan fingerprint density at radius 2 is 1.29 bits per heavy atom. The molecule has 0 heterocycles. The molecule has 0 saturated carbocycles. The fourth-order valence-corrected chi connectivity index (χ4v) is 6.58. The van der Waals surface area contributed by atoms with E-state index in [1.54, 1.807) is 24.3 Å². The number of carbonyl (C=O) groups excluding carboxylic acids is 4. The summed E-state index contributed by atoms with van der Waals surface area (Å²) in [6, 6.07) is 25.4. The number of nitrogens with one attached hydrogen (secondary N) is 3. The standard InChI is InChI=1S/C40H52N3O8P/c1-4-5-6-16-25-52(48,51-29-34-21-14-9-15-22-34)30-41-38(45)36(26-31(2)3)42-37(44)24-23-35(39(46)49-27-32-17-10-7-11-18-32)43-40(47)50-28-33-19-12-8-13-20-33/h6-22,31,35-36H,4-5,23-30H2,1-3H3,(H,41,45)(H,42,44)(H,43,47)/b16-6+/t35-,36-,52?/m0/s1. The van der Waals surface area contributed by atoms with E-state index in [1.807, 2.05) is 92.7 Å². The van der Waals surface area contributed by atoms with Gasteiger partial charge in [-0.25, -0.2) is 9.59 Å². The minimum absolute atomic E-state index is 0.00973. The molecule has 0 saturated heterocycles. The van der Waals surface area contributed by atoms with Crippen LogP contribution >= 0.6 is 7.37 Å². The third-order valence-corrected chi connectivity index (χ3v) is 9.85. The molecule has 3 amide bonds. The smallest absolute Gasteiger partial charge is 0.408 e. The van der Waals surface area contributed by atoms with Crippen molar-refractivity contribution in [2.24, 2.45) is 5.92 Å². The van der Waals surface area contributed by atoms with Crippen molar-refractivity contribution in [1.29, 1.82) is 0 Å². The predicted molar refractivity (Wildman–Crippen MR) is 201 cm³/mol. The number of carbonyl (C=O) groups is 4. The molecule has 3 N–H and O–H groups in total. The zero-order valence-corrected chi connectivity index (χ0v) is 31.2. The Labute approximate surface area is 307 Å². The molecule has 3 aromatic rings. The van der Waals surface area contributed by atoms with Crippen molar-refractivity contribution in [3.05, 3.63) is 120 Å².